The van der Waals surface area contributed by atoms with Crippen molar-refractivity contribution < 1.29 is 4.79 Å². The minimum Gasteiger partial charge on any atom is -0.354 e. The van der Waals surface area contributed by atoms with Crippen LogP contribution in [0.25, 0.3) is 0 Å². The average Bonchev–Trinajstić information content (AvgIpc) is 2.90. The van der Waals surface area contributed by atoms with Gasteiger partial charge in [-0.25, -0.2) is 0 Å². The van der Waals surface area contributed by atoms with E-state index in [9.17, 15) is 4.79 Å². The molecule has 1 saturated carbocycles. The van der Waals surface area contributed by atoms with Crippen LogP contribution in [0.1, 0.15) is 30.9 Å². The molecule has 0 radical (unpaired) electrons. The zero-order valence-electron chi connectivity index (χ0n) is 11.9. The first kappa shape index (κ1) is 15.1. The van der Waals surface area contributed by atoms with E-state index in [1.165, 1.54) is 18.4 Å². The number of benzene rings is 1. The summed E-state index contributed by atoms with van der Waals surface area (Å²) in [6.45, 7) is 2.80. The van der Waals surface area contributed by atoms with Gasteiger partial charge < -0.3 is 5.32 Å². The number of amides is 1. The Labute approximate surface area is 135 Å². The van der Waals surface area contributed by atoms with E-state index in [0.29, 0.717) is 13.0 Å². The van der Waals surface area contributed by atoms with Gasteiger partial charge in [-0.3, -0.25) is 9.69 Å². The van der Waals surface area contributed by atoms with Gasteiger partial charge in [0.25, 0.3) is 0 Å². The molecule has 3 rings (SSSR count). The Bertz CT molecular complexity index is 500. The number of carbonyl (C=O) groups is 1. The molecule has 0 spiro atoms. The second-order valence-corrected chi connectivity index (χ2v) is 7.47. The molecular formula is C16H20Cl2N2O. The lowest BCUT2D eigenvalue weighted by Gasteiger charge is -2.28. The van der Waals surface area contributed by atoms with Crippen molar-refractivity contribution in [3.63, 3.8) is 0 Å². The highest BCUT2D eigenvalue weighted by atomic mass is 35.5. The van der Waals surface area contributed by atoms with Crippen molar-refractivity contribution in [2.75, 3.05) is 19.6 Å². The molecule has 1 aromatic carbocycles. The van der Waals surface area contributed by atoms with Crippen LogP contribution in [0.3, 0.4) is 0 Å². The molecule has 21 heavy (non-hydrogen) atoms. The molecule has 0 bridgehead atoms. The van der Waals surface area contributed by atoms with Crippen molar-refractivity contribution in [1.82, 2.24) is 10.2 Å². The quantitative estimate of drug-likeness (QED) is 0.843. The van der Waals surface area contributed by atoms with Gasteiger partial charge in [-0.05, 0) is 37.9 Å². The third-order valence-electron chi connectivity index (χ3n) is 4.38. The Morgan fingerprint density at radius 2 is 1.90 bits per heavy atom. The van der Waals surface area contributed by atoms with Crippen LogP contribution in [0.4, 0.5) is 0 Å². The molecule has 3 nitrogen and oxygen atoms in total. The maximum Gasteiger partial charge on any atom is 0.226 e. The molecule has 1 heterocycles. The van der Waals surface area contributed by atoms with E-state index in [-0.39, 0.29) is 17.9 Å². The highest BCUT2D eigenvalue weighted by Gasteiger charge is 2.56. The van der Waals surface area contributed by atoms with Crippen molar-refractivity contribution in [3.05, 3.63) is 35.9 Å². The second kappa shape index (κ2) is 6.15. The van der Waals surface area contributed by atoms with Crippen LogP contribution < -0.4 is 5.32 Å². The number of nitrogens with zero attached hydrogens (tertiary/aromatic N) is 1. The lowest BCUT2D eigenvalue weighted by Crippen LogP contribution is -2.37. The maximum atomic E-state index is 12.1. The summed E-state index contributed by atoms with van der Waals surface area (Å²) in [5, 5.41) is 3.03. The molecule has 2 unspecified atom stereocenters. The van der Waals surface area contributed by atoms with Gasteiger partial charge in [0, 0.05) is 6.54 Å². The van der Waals surface area contributed by atoms with Crippen molar-refractivity contribution in [2.45, 2.75) is 29.6 Å². The van der Waals surface area contributed by atoms with Crippen molar-refractivity contribution in [2.24, 2.45) is 5.92 Å². The first-order chi connectivity index (χ1) is 10.1. The van der Waals surface area contributed by atoms with E-state index in [0.717, 1.165) is 13.1 Å². The van der Waals surface area contributed by atoms with E-state index in [4.69, 9.17) is 23.2 Å². The fourth-order valence-electron chi connectivity index (χ4n) is 3.00. The Morgan fingerprint density at radius 1 is 1.29 bits per heavy atom. The molecule has 1 N–H and O–H groups in total. The Kier molecular flexibility index (Phi) is 4.43. The zero-order valence-corrected chi connectivity index (χ0v) is 13.4. The largest absolute Gasteiger partial charge is 0.354 e. The van der Waals surface area contributed by atoms with E-state index < -0.39 is 4.33 Å². The van der Waals surface area contributed by atoms with E-state index in [2.05, 4.69) is 22.3 Å². The molecule has 1 aliphatic heterocycles. The highest BCUT2D eigenvalue weighted by Crippen LogP contribution is 2.53. The number of hydrogen-bond acceptors (Lipinski definition) is 2. The third-order valence-corrected chi connectivity index (χ3v) is 5.21. The zero-order chi connectivity index (χ0) is 14.9. The second-order valence-electron chi connectivity index (χ2n) is 5.93. The lowest BCUT2D eigenvalue weighted by molar-refractivity contribution is -0.122. The normalized spacial score (nSPS) is 25.5. The van der Waals surface area contributed by atoms with Gasteiger partial charge in [0.15, 0.2) is 0 Å². The molecule has 114 valence electrons. The molecule has 2 aliphatic rings. The number of likely N-dealkylation sites (tertiary alicyclic amines) is 1. The minimum atomic E-state index is -0.847. The summed E-state index contributed by atoms with van der Waals surface area (Å²) in [4.78, 5) is 14.5. The van der Waals surface area contributed by atoms with Crippen LogP contribution in [0.5, 0.6) is 0 Å². The van der Waals surface area contributed by atoms with Gasteiger partial charge in [-0.2, -0.15) is 0 Å². The lowest BCUT2D eigenvalue weighted by atomic mass is 10.1. The first-order valence-electron chi connectivity index (χ1n) is 7.52. The van der Waals surface area contributed by atoms with Gasteiger partial charge >= 0.3 is 0 Å². The van der Waals surface area contributed by atoms with Crippen LogP contribution in [0, 0.1) is 5.92 Å². The van der Waals surface area contributed by atoms with Crippen LogP contribution in [-0.4, -0.2) is 34.8 Å². The van der Waals surface area contributed by atoms with Crippen LogP contribution in [0.2, 0.25) is 0 Å². The predicted octanol–water partition coefficient (Wildman–Crippen LogP) is 3.13. The van der Waals surface area contributed by atoms with E-state index in [1.807, 2.05) is 18.2 Å². The summed E-state index contributed by atoms with van der Waals surface area (Å²) in [7, 11) is 0. The SMILES string of the molecule is O=C(NCC(c1ccccc1)N1CCCC1)C1CC1(Cl)Cl. The van der Waals surface area contributed by atoms with Gasteiger partial charge in [0.1, 0.15) is 4.33 Å². The smallest absolute Gasteiger partial charge is 0.226 e. The van der Waals surface area contributed by atoms with Crippen LogP contribution in [0.15, 0.2) is 30.3 Å². The van der Waals surface area contributed by atoms with E-state index in [1.54, 1.807) is 0 Å². The molecule has 1 saturated heterocycles. The number of alkyl halides is 2. The summed E-state index contributed by atoms with van der Waals surface area (Å²) in [6.07, 6.45) is 3.01. The monoisotopic (exact) mass is 326 g/mol. The Balaban J connectivity index is 1.64. The number of carbonyl (C=O) groups excluding carboxylic acids is 1. The maximum absolute atomic E-state index is 12.1. The predicted molar refractivity (Wildman–Crippen MR) is 85.5 cm³/mol. The fraction of sp³-hybridized carbons (Fsp3) is 0.562. The first-order valence-corrected chi connectivity index (χ1v) is 8.28. The van der Waals surface area contributed by atoms with Crippen LogP contribution in [-0.2, 0) is 4.79 Å². The summed E-state index contributed by atoms with van der Waals surface area (Å²) in [5.41, 5.74) is 1.25. The number of halogens is 2. The third kappa shape index (κ3) is 3.53. The van der Waals surface area contributed by atoms with Gasteiger partial charge in [-0.15, -0.1) is 23.2 Å². The number of rotatable bonds is 5. The van der Waals surface area contributed by atoms with Gasteiger partial charge in [0.2, 0.25) is 5.91 Å². The molecule has 1 amide bonds. The van der Waals surface area contributed by atoms with Crippen LogP contribution >= 0.6 is 23.2 Å². The van der Waals surface area contributed by atoms with Crippen molar-refractivity contribution in [3.8, 4) is 0 Å². The Hall–Kier alpha value is -0.770. The number of hydrogen-bond donors (Lipinski definition) is 1. The fourth-order valence-corrected chi connectivity index (χ4v) is 3.51. The molecule has 5 heteroatoms. The van der Waals surface area contributed by atoms with Gasteiger partial charge in [-0.1, -0.05) is 30.3 Å². The highest BCUT2D eigenvalue weighted by molar-refractivity contribution is 6.52. The van der Waals surface area contributed by atoms with Gasteiger partial charge in [0.05, 0.1) is 12.0 Å². The summed E-state index contributed by atoms with van der Waals surface area (Å²) in [6, 6.07) is 10.6. The summed E-state index contributed by atoms with van der Waals surface area (Å²) >= 11 is 11.9. The average molecular weight is 327 g/mol. The molecule has 1 aliphatic carbocycles. The summed E-state index contributed by atoms with van der Waals surface area (Å²) < 4.78 is -0.847. The minimum absolute atomic E-state index is 0.0277. The molecule has 0 aromatic heterocycles. The Morgan fingerprint density at radius 3 is 2.48 bits per heavy atom. The molecular weight excluding hydrogens is 307 g/mol. The standard InChI is InChI=1S/C16H20Cl2N2O/c17-16(18)10-13(16)15(21)19-11-14(20-8-4-5-9-20)12-6-2-1-3-7-12/h1-3,6-7,13-14H,4-5,8-11H2,(H,19,21). The van der Waals surface area contributed by atoms with E-state index >= 15 is 0 Å². The van der Waals surface area contributed by atoms with Crippen molar-refractivity contribution >= 4 is 29.1 Å². The van der Waals surface area contributed by atoms with Crippen molar-refractivity contribution in [1.29, 1.82) is 0 Å². The molecule has 1 aromatic rings. The topological polar surface area (TPSA) is 32.3 Å². The molecule has 2 fully saturated rings. The molecule has 2 atom stereocenters. The number of nitrogens with one attached hydrogen (secondary N) is 1. The summed E-state index contributed by atoms with van der Waals surface area (Å²) in [5.74, 6) is -0.282.